The number of nitrogens with one attached hydrogen (secondary N) is 1. The first kappa shape index (κ1) is 8.78. The molecule has 0 fully saturated rings. The van der Waals surface area contributed by atoms with Gasteiger partial charge >= 0.3 is 0 Å². The van der Waals surface area contributed by atoms with Crippen molar-refractivity contribution in [1.82, 2.24) is 4.98 Å². The second-order valence-electron chi connectivity index (χ2n) is 2.21. The van der Waals surface area contributed by atoms with E-state index in [0.717, 1.165) is 10.9 Å². The first-order valence-electron chi connectivity index (χ1n) is 4.09. The Morgan fingerprint density at radius 1 is 1.25 bits per heavy atom. The van der Waals surface area contributed by atoms with Gasteiger partial charge in [0.2, 0.25) is 0 Å². The molecule has 2 aromatic rings. The zero-order valence-electron chi connectivity index (χ0n) is 7.26. The zero-order chi connectivity index (χ0) is 8.97. The van der Waals surface area contributed by atoms with Crippen molar-refractivity contribution in [3.05, 3.63) is 36.3 Å². The van der Waals surface area contributed by atoms with E-state index in [1.807, 2.05) is 19.9 Å². The van der Waals surface area contributed by atoms with Crippen molar-refractivity contribution in [2.75, 3.05) is 0 Å². The van der Waals surface area contributed by atoms with E-state index in [4.69, 9.17) is 0 Å². The minimum absolute atomic E-state index is 0. The van der Waals surface area contributed by atoms with Crippen molar-refractivity contribution < 1.29 is 5.82 Å². The maximum atomic E-state index is 12.5. The zero-order valence-corrected chi connectivity index (χ0v) is 7.26. The Hall–Kier alpha value is -1.31. The van der Waals surface area contributed by atoms with Crippen molar-refractivity contribution in [2.24, 2.45) is 0 Å². The summed E-state index contributed by atoms with van der Waals surface area (Å²) in [4.78, 5) is 2.92. The van der Waals surface area contributed by atoms with Gasteiger partial charge in [-0.25, -0.2) is 4.39 Å². The molecule has 12 heavy (non-hydrogen) atoms. The van der Waals surface area contributed by atoms with Gasteiger partial charge in [0.05, 0.1) is 0 Å². The quantitative estimate of drug-likeness (QED) is 0.617. The summed E-state index contributed by atoms with van der Waals surface area (Å²) >= 11 is 0. The van der Waals surface area contributed by atoms with Crippen LogP contribution < -0.4 is 0 Å². The summed E-state index contributed by atoms with van der Waals surface area (Å²) in [6.45, 7) is 4.00. The minimum Gasteiger partial charge on any atom is -0.361 e. The van der Waals surface area contributed by atoms with Crippen LogP contribution >= 0.6 is 0 Å². The summed E-state index contributed by atoms with van der Waals surface area (Å²) in [6, 6.07) is 6.60. The molecule has 0 saturated heterocycles. The summed E-state index contributed by atoms with van der Waals surface area (Å²) in [5.74, 6) is -0.199. The monoisotopic (exact) mass is 167 g/mol. The molecule has 1 aromatic carbocycles. The van der Waals surface area contributed by atoms with Crippen LogP contribution in [0, 0.1) is 5.82 Å². The van der Waals surface area contributed by atoms with Crippen LogP contribution in [0.15, 0.2) is 30.5 Å². The van der Waals surface area contributed by atoms with Gasteiger partial charge in [-0.15, -0.1) is 0 Å². The third-order valence-electron chi connectivity index (χ3n) is 1.52. The lowest BCUT2D eigenvalue weighted by Crippen LogP contribution is -1.71. The molecule has 0 amide bonds. The number of H-pyrrole nitrogens is 1. The summed E-state index contributed by atoms with van der Waals surface area (Å²) in [5.41, 5.74) is 0.847. The maximum Gasteiger partial charge on any atom is 0.125 e. The van der Waals surface area contributed by atoms with Crippen LogP contribution in [0.1, 0.15) is 15.3 Å². The van der Waals surface area contributed by atoms with E-state index in [9.17, 15) is 4.39 Å². The normalized spacial score (nSPS) is 9.25. The maximum absolute atomic E-state index is 12.5. The van der Waals surface area contributed by atoms with E-state index in [-0.39, 0.29) is 7.24 Å². The highest BCUT2D eigenvalue weighted by Gasteiger charge is 1.93. The molecular formula is C10H14FN. The molecule has 0 saturated carbocycles. The number of rotatable bonds is 0. The molecule has 0 spiro atoms. The molecule has 0 aliphatic rings. The Kier molecular flexibility index (Phi) is 2.86. The first-order valence-corrected chi connectivity index (χ1v) is 4.09. The van der Waals surface area contributed by atoms with Crippen molar-refractivity contribution in [2.45, 2.75) is 13.8 Å². The molecule has 0 unspecified atom stereocenters. The summed E-state index contributed by atoms with van der Waals surface area (Å²) in [5, 5.41) is 1.04. The lowest BCUT2D eigenvalue weighted by molar-refractivity contribution is 0.629. The topological polar surface area (TPSA) is 15.8 Å². The average Bonchev–Trinajstić information content (AvgIpc) is 2.54. The summed E-state index contributed by atoms with van der Waals surface area (Å²) < 4.78 is 12.5. The number of hydrogen-bond donors (Lipinski definition) is 1. The number of fused-ring (bicyclic) bond motifs is 1. The molecule has 2 heteroatoms. The van der Waals surface area contributed by atoms with Crippen LogP contribution in [-0.2, 0) is 0 Å². The van der Waals surface area contributed by atoms with Crippen molar-refractivity contribution in [3.63, 3.8) is 0 Å². The fourth-order valence-corrected chi connectivity index (χ4v) is 1.02. The van der Waals surface area contributed by atoms with Gasteiger partial charge in [0, 0.05) is 13.1 Å². The molecule has 2 rings (SSSR count). The van der Waals surface area contributed by atoms with Crippen LogP contribution in [0.2, 0.25) is 0 Å². The molecule has 1 aromatic heterocycles. The third-order valence-corrected chi connectivity index (χ3v) is 1.52. The molecule has 1 nitrogen and oxygen atoms in total. The molecule has 0 aliphatic carbocycles. The predicted octanol–water partition coefficient (Wildman–Crippen LogP) is 3.58. The average molecular weight is 167 g/mol. The van der Waals surface area contributed by atoms with Crippen molar-refractivity contribution in [3.8, 4) is 0 Å². The smallest absolute Gasteiger partial charge is 0.125 e. The first-order chi connectivity index (χ1) is 5.86. The Balaban J connectivity index is 0.000000451. The molecule has 1 N–H and O–H groups in total. The van der Waals surface area contributed by atoms with E-state index >= 15 is 0 Å². The van der Waals surface area contributed by atoms with Crippen LogP contribution in [0.5, 0.6) is 0 Å². The van der Waals surface area contributed by atoms with Crippen molar-refractivity contribution >= 4 is 10.9 Å². The largest absolute Gasteiger partial charge is 0.361 e. The second-order valence-corrected chi connectivity index (χ2v) is 2.21. The van der Waals surface area contributed by atoms with Crippen LogP contribution in [0.3, 0.4) is 0 Å². The van der Waals surface area contributed by atoms with E-state index in [2.05, 4.69) is 4.98 Å². The number of halogens is 1. The second kappa shape index (κ2) is 3.90. The molecule has 1 heterocycles. The Bertz CT molecular complexity index is 356. The predicted molar refractivity (Wildman–Crippen MR) is 51.7 cm³/mol. The summed E-state index contributed by atoms with van der Waals surface area (Å²) in [6.07, 6.45) is 1.80. The van der Waals surface area contributed by atoms with Gasteiger partial charge in [-0.3, -0.25) is 0 Å². The molecule has 0 bridgehead atoms. The Morgan fingerprint density at radius 3 is 2.75 bits per heavy atom. The number of hydrogen-bond acceptors (Lipinski definition) is 0. The number of aromatic nitrogens is 1. The highest BCUT2D eigenvalue weighted by atomic mass is 19.1. The van der Waals surface area contributed by atoms with Gasteiger partial charge in [-0.1, -0.05) is 13.8 Å². The van der Waals surface area contributed by atoms with Crippen LogP contribution in [0.25, 0.3) is 10.9 Å². The standard InChI is InChI=1S/C8H6FN.C2H6.H2/c9-7-2-1-6-3-4-10-8(6)5-7;1-2;/h1-5,10H;1-2H3;1H. The van der Waals surface area contributed by atoms with E-state index in [0.29, 0.717) is 0 Å². The van der Waals surface area contributed by atoms with Crippen LogP contribution in [0.4, 0.5) is 4.39 Å². The molecule has 0 aliphatic heterocycles. The van der Waals surface area contributed by atoms with Crippen molar-refractivity contribution in [1.29, 1.82) is 0 Å². The fraction of sp³-hybridized carbons (Fsp3) is 0.200. The lowest BCUT2D eigenvalue weighted by Gasteiger charge is -1.87. The van der Waals surface area contributed by atoms with Gasteiger partial charge in [-0.05, 0) is 29.7 Å². The fourth-order valence-electron chi connectivity index (χ4n) is 1.02. The van der Waals surface area contributed by atoms with Gasteiger partial charge < -0.3 is 4.98 Å². The van der Waals surface area contributed by atoms with E-state index in [1.165, 1.54) is 12.1 Å². The highest BCUT2D eigenvalue weighted by Crippen LogP contribution is 2.12. The molecule has 0 atom stereocenters. The molecule has 66 valence electrons. The van der Waals surface area contributed by atoms with E-state index < -0.39 is 0 Å². The van der Waals surface area contributed by atoms with Gasteiger partial charge in [0.25, 0.3) is 0 Å². The molecular weight excluding hydrogens is 153 g/mol. The molecule has 0 radical (unpaired) electrons. The minimum atomic E-state index is -0.199. The van der Waals surface area contributed by atoms with E-state index in [1.54, 1.807) is 12.3 Å². The number of benzene rings is 1. The number of aromatic amines is 1. The van der Waals surface area contributed by atoms with Gasteiger partial charge in [-0.2, -0.15) is 0 Å². The SMILES string of the molecule is CC.Fc1ccc2cc[nH]c2c1.[HH]. The highest BCUT2D eigenvalue weighted by molar-refractivity contribution is 5.78. The third kappa shape index (κ3) is 1.64. The van der Waals surface area contributed by atoms with Crippen LogP contribution in [-0.4, -0.2) is 4.98 Å². The Morgan fingerprint density at radius 2 is 2.00 bits per heavy atom. The van der Waals surface area contributed by atoms with Gasteiger partial charge in [0.1, 0.15) is 5.82 Å². The lowest BCUT2D eigenvalue weighted by atomic mass is 10.2. The van der Waals surface area contributed by atoms with Gasteiger partial charge in [0.15, 0.2) is 0 Å². The Labute approximate surface area is 72.7 Å². The summed E-state index contributed by atoms with van der Waals surface area (Å²) in [7, 11) is 0.